The minimum absolute atomic E-state index is 0.342. The minimum atomic E-state index is -0.372. The van der Waals surface area contributed by atoms with Crippen molar-refractivity contribution < 1.29 is 4.79 Å². The predicted octanol–water partition coefficient (Wildman–Crippen LogP) is 2.50. The third-order valence-electron chi connectivity index (χ3n) is 2.36. The van der Waals surface area contributed by atoms with Gasteiger partial charge < -0.3 is 5.73 Å². The first-order chi connectivity index (χ1) is 7.15. The number of hydrogen-bond donors (Lipinski definition) is 1. The number of hydrogen-bond acceptors (Lipinski definition) is 1. The molecule has 2 heteroatoms. The van der Waals surface area contributed by atoms with Gasteiger partial charge in [-0.2, -0.15) is 0 Å². The molecule has 80 valence electrons. The second kappa shape index (κ2) is 5.35. The van der Waals surface area contributed by atoms with E-state index in [9.17, 15) is 4.79 Å². The summed E-state index contributed by atoms with van der Waals surface area (Å²) in [6.45, 7) is 4.18. The topological polar surface area (TPSA) is 43.1 Å². The Labute approximate surface area is 90.9 Å². The van der Waals surface area contributed by atoms with Gasteiger partial charge in [0.05, 0.1) is 0 Å². The fourth-order valence-electron chi connectivity index (χ4n) is 1.39. The molecular formula is C13H17NO. The first-order valence-corrected chi connectivity index (χ1v) is 5.21. The summed E-state index contributed by atoms with van der Waals surface area (Å²) in [5, 5.41) is 0. The number of primary amides is 1. The van der Waals surface area contributed by atoms with Crippen molar-refractivity contribution >= 4 is 5.91 Å². The zero-order chi connectivity index (χ0) is 11.3. The van der Waals surface area contributed by atoms with Crippen molar-refractivity contribution in [1.82, 2.24) is 0 Å². The highest BCUT2D eigenvalue weighted by Gasteiger charge is 2.11. The fourth-order valence-corrected chi connectivity index (χ4v) is 1.39. The van der Waals surface area contributed by atoms with E-state index in [1.54, 1.807) is 6.08 Å². The molecule has 1 aliphatic carbocycles. The molecule has 1 unspecified atom stereocenters. The van der Waals surface area contributed by atoms with Gasteiger partial charge >= 0.3 is 0 Å². The summed E-state index contributed by atoms with van der Waals surface area (Å²) in [7, 11) is 0. The Kier molecular flexibility index (Phi) is 4.10. The van der Waals surface area contributed by atoms with Crippen molar-refractivity contribution in [2.75, 3.05) is 0 Å². The number of nitrogens with two attached hydrogens (primary N) is 1. The Hall–Kier alpha value is -1.57. The van der Waals surface area contributed by atoms with Crippen LogP contribution >= 0.6 is 0 Å². The Balaban J connectivity index is 2.88. The summed E-state index contributed by atoms with van der Waals surface area (Å²) >= 11 is 0. The molecule has 0 aliphatic heterocycles. The molecule has 0 aromatic carbocycles. The lowest BCUT2D eigenvalue weighted by molar-refractivity contribution is -0.114. The van der Waals surface area contributed by atoms with Gasteiger partial charge in [-0.1, -0.05) is 44.2 Å². The summed E-state index contributed by atoms with van der Waals surface area (Å²) in [4.78, 5) is 11.0. The average Bonchev–Trinajstić information content (AvgIpc) is 2.20. The van der Waals surface area contributed by atoms with Crippen molar-refractivity contribution in [3.8, 4) is 0 Å². The van der Waals surface area contributed by atoms with Crippen molar-refractivity contribution in [1.29, 1.82) is 0 Å². The van der Waals surface area contributed by atoms with Crippen LogP contribution in [0.1, 0.15) is 20.3 Å². The molecule has 2 nitrogen and oxygen atoms in total. The van der Waals surface area contributed by atoms with E-state index in [2.05, 4.69) is 19.9 Å². The number of carbonyl (C=O) groups excluding carboxylic acids is 1. The number of amides is 1. The molecule has 0 aromatic rings. The minimum Gasteiger partial charge on any atom is -0.366 e. The average molecular weight is 203 g/mol. The monoisotopic (exact) mass is 203 g/mol. The van der Waals surface area contributed by atoms with Gasteiger partial charge in [0, 0.05) is 5.57 Å². The normalized spacial score (nSPS) is 23.5. The van der Waals surface area contributed by atoms with E-state index >= 15 is 0 Å². The standard InChI is InChI=1S/C13H17NO/c1-3-4-5-6-11-9-12(13(14)15)8-7-10(11)2/h4-10H,3H2,1-2H3,(H2,14,15)/b5-4-,11-6-. The number of allylic oxidation sites excluding steroid dienone is 6. The van der Waals surface area contributed by atoms with Crippen LogP contribution in [0.2, 0.25) is 0 Å². The van der Waals surface area contributed by atoms with Crippen molar-refractivity contribution in [2.45, 2.75) is 20.3 Å². The SMILES string of the molecule is CC/C=C\C=C1\C=C(C(N)=O)C=CC1C. The number of rotatable bonds is 3. The van der Waals surface area contributed by atoms with Gasteiger partial charge in [0.2, 0.25) is 5.91 Å². The van der Waals surface area contributed by atoms with Gasteiger partial charge in [-0.15, -0.1) is 0 Å². The third kappa shape index (κ3) is 3.24. The molecule has 0 bridgehead atoms. The maximum absolute atomic E-state index is 11.0. The van der Waals surface area contributed by atoms with Crippen LogP contribution in [-0.2, 0) is 4.79 Å². The Morgan fingerprint density at radius 3 is 2.93 bits per heavy atom. The summed E-state index contributed by atoms with van der Waals surface area (Å²) < 4.78 is 0. The van der Waals surface area contributed by atoms with Gasteiger partial charge in [-0.3, -0.25) is 4.79 Å². The van der Waals surface area contributed by atoms with Crippen molar-refractivity contribution in [3.63, 3.8) is 0 Å². The van der Waals surface area contributed by atoms with Crippen LogP contribution in [0.4, 0.5) is 0 Å². The second-order valence-electron chi connectivity index (χ2n) is 3.61. The van der Waals surface area contributed by atoms with E-state index < -0.39 is 0 Å². The maximum Gasteiger partial charge on any atom is 0.248 e. The van der Waals surface area contributed by atoms with Crippen LogP contribution in [0.25, 0.3) is 0 Å². The van der Waals surface area contributed by atoms with E-state index in [1.807, 2.05) is 24.3 Å². The van der Waals surface area contributed by atoms with Gasteiger partial charge in [-0.05, 0) is 24.0 Å². The lowest BCUT2D eigenvalue weighted by Crippen LogP contribution is -2.15. The predicted molar refractivity (Wildman–Crippen MR) is 63.1 cm³/mol. The molecule has 0 spiro atoms. The molecule has 1 aliphatic rings. The number of carbonyl (C=O) groups is 1. The van der Waals surface area contributed by atoms with Crippen LogP contribution in [0, 0.1) is 5.92 Å². The van der Waals surface area contributed by atoms with Crippen LogP contribution < -0.4 is 5.73 Å². The van der Waals surface area contributed by atoms with Gasteiger partial charge in [0.15, 0.2) is 0 Å². The van der Waals surface area contributed by atoms with Crippen molar-refractivity contribution in [3.05, 3.63) is 47.6 Å². The first kappa shape index (κ1) is 11.5. The fraction of sp³-hybridized carbons (Fsp3) is 0.308. The Bertz CT molecular complexity index is 359. The summed E-state index contributed by atoms with van der Waals surface area (Å²) in [6.07, 6.45) is 12.8. The summed E-state index contributed by atoms with van der Waals surface area (Å²) in [5.41, 5.74) is 6.92. The quantitative estimate of drug-likeness (QED) is 0.752. The van der Waals surface area contributed by atoms with Gasteiger partial charge in [-0.25, -0.2) is 0 Å². The Morgan fingerprint density at radius 2 is 2.33 bits per heavy atom. The van der Waals surface area contributed by atoms with Crippen LogP contribution in [0.15, 0.2) is 47.6 Å². The summed E-state index contributed by atoms with van der Waals surface area (Å²) in [5.74, 6) is -0.0295. The van der Waals surface area contributed by atoms with Gasteiger partial charge in [0.25, 0.3) is 0 Å². The van der Waals surface area contributed by atoms with Crippen LogP contribution in [-0.4, -0.2) is 5.91 Å². The molecule has 15 heavy (non-hydrogen) atoms. The lowest BCUT2D eigenvalue weighted by Gasteiger charge is -2.13. The largest absolute Gasteiger partial charge is 0.366 e. The van der Waals surface area contributed by atoms with E-state index in [0.29, 0.717) is 11.5 Å². The van der Waals surface area contributed by atoms with E-state index in [4.69, 9.17) is 5.73 Å². The molecule has 0 fully saturated rings. The van der Waals surface area contributed by atoms with Crippen molar-refractivity contribution in [2.24, 2.45) is 11.7 Å². The third-order valence-corrected chi connectivity index (χ3v) is 2.36. The highest BCUT2D eigenvalue weighted by atomic mass is 16.1. The van der Waals surface area contributed by atoms with Crippen LogP contribution in [0.3, 0.4) is 0 Å². The Morgan fingerprint density at radius 1 is 1.60 bits per heavy atom. The lowest BCUT2D eigenvalue weighted by atomic mass is 9.92. The van der Waals surface area contributed by atoms with E-state index in [1.165, 1.54) is 0 Å². The highest BCUT2D eigenvalue weighted by Crippen LogP contribution is 2.21. The molecule has 0 saturated heterocycles. The zero-order valence-corrected chi connectivity index (χ0v) is 9.23. The first-order valence-electron chi connectivity index (χ1n) is 5.21. The molecule has 2 N–H and O–H groups in total. The molecule has 0 radical (unpaired) electrons. The zero-order valence-electron chi connectivity index (χ0n) is 9.23. The molecule has 0 heterocycles. The highest BCUT2D eigenvalue weighted by molar-refractivity contribution is 5.95. The molecule has 0 aromatic heterocycles. The molecule has 1 amide bonds. The molecule has 1 atom stereocenters. The molecule has 0 saturated carbocycles. The van der Waals surface area contributed by atoms with E-state index in [-0.39, 0.29) is 5.91 Å². The second-order valence-corrected chi connectivity index (χ2v) is 3.61. The smallest absolute Gasteiger partial charge is 0.248 e. The maximum atomic E-state index is 11.0. The van der Waals surface area contributed by atoms with Gasteiger partial charge in [0.1, 0.15) is 0 Å². The van der Waals surface area contributed by atoms with Crippen LogP contribution in [0.5, 0.6) is 0 Å². The molecule has 1 rings (SSSR count). The molecular weight excluding hydrogens is 186 g/mol. The van der Waals surface area contributed by atoms with E-state index in [0.717, 1.165) is 12.0 Å². The summed E-state index contributed by atoms with van der Waals surface area (Å²) in [6, 6.07) is 0.